The lowest BCUT2D eigenvalue weighted by Gasteiger charge is -2.20. The van der Waals surface area contributed by atoms with Crippen LogP contribution in [0.4, 0.5) is 5.69 Å². The molecule has 0 aromatic heterocycles. The van der Waals surface area contributed by atoms with Gasteiger partial charge in [-0.05, 0) is 49.6 Å². The van der Waals surface area contributed by atoms with E-state index >= 15 is 0 Å². The molecule has 0 amide bonds. The average molecular weight is 236 g/mol. The normalized spacial score (nSPS) is 12.2. The van der Waals surface area contributed by atoms with Crippen LogP contribution < -0.4 is 15.4 Å². The summed E-state index contributed by atoms with van der Waals surface area (Å²) in [7, 11) is 3.81. The van der Waals surface area contributed by atoms with Crippen LogP contribution in [0.2, 0.25) is 0 Å². The molecule has 0 spiro atoms. The molecule has 3 heteroatoms. The molecule has 1 atom stereocenters. The fourth-order valence-corrected chi connectivity index (χ4v) is 1.76. The molecule has 0 radical (unpaired) electrons. The van der Waals surface area contributed by atoms with E-state index in [1.165, 1.54) is 18.5 Å². The lowest BCUT2D eigenvalue weighted by atomic mass is 10.1. The molecule has 1 rings (SSSR count). The molecule has 0 saturated heterocycles. The van der Waals surface area contributed by atoms with E-state index in [0.29, 0.717) is 5.92 Å². The Morgan fingerprint density at radius 2 is 1.94 bits per heavy atom. The van der Waals surface area contributed by atoms with Crippen molar-refractivity contribution in [1.29, 1.82) is 0 Å². The highest BCUT2D eigenvalue weighted by molar-refractivity contribution is 5.48. The molecule has 0 aliphatic carbocycles. The Morgan fingerprint density at radius 3 is 2.47 bits per heavy atom. The lowest BCUT2D eigenvalue weighted by Crippen LogP contribution is -2.20. The predicted octanol–water partition coefficient (Wildman–Crippen LogP) is 2.51. The van der Waals surface area contributed by atoms with Gasteiger partial charge in [0.2, 0.25) is 0 Å². The van der Waals surface area contributed by atoms with Gasteiger partial charge in [0.1, 0.15) is 5.75 Å². The van der Waals surface area contributed by atoms with Crippen molar-refractivity contribution in [2.24, 2.45) is 11.7 Å². The van der Waals surface area contributed by atoms with Gasteiger partial charge in [-0.15, -0.1) is 0 Å². The smallest absolute Gasteiger partial charge is 0.119 e. The number of benzene rings is 1. The molecule has 1 aromatic rings. The maximum absolute atomic E-state index is 5.60. The summed E-state index contributed by atoms with van der Waals surface area (Å²) >= 11 is 0. The van der Waals surface area contributed by atoms with Crippen LogP contribution in [0.1, 0.15) is 19.8 Å². The first-order valence-corrected chi connectivity index (χ1v) is 6.22. The van der Waals surface area contributed by atoms with E-state index in [9.17, 15) is 0 Å². The number of hydrogen-bond acceptors (Lipinski definition) is 3. The Bertz CT molecular complexity index is 311. The maximum atomic E-state index is 5.60. The zero-order valence-corrected chi connectivity index (χ0v) is 11.1. The summed E-state index contributed by atoms with van der Waals surface area (Å²) in [6.07, 6.45) is 2.37. The maximum Gasteiger partial charge on any atom is 0.119 e. The lowest BCUT2D eigenvalue weighted by molar-refractivity contribution is 0.415. The highest BCUT2D eigenvalue weighted by Crippen LogP contribution is 2.18. The molecule has 0 fully saturated rings. The summed E-state index contributed by atoms with van der Waals surface area (Å²) in [5, 5.41) is 0. The van der Waals surface area contributed by atoms with E-state index in [-0.39, 0.29) is 0 Å². The highest BCUT2D eigenvalue weighted by atomic mass is 16.5. The zero-order valence-electron chi connectivity index (χ0n) is 11.1. The quantitative estimate of drug-likeness (QED) is 0.790. The van der Waals surface area contributed by atoms with Crippen LogP contribution in [-0.2, 0) is 0 Å². The molecule has 1 unspecified atom stereocenters. The predicted molar refractivity (Wildman–Crippen MR) is 73.7 cm³/mol. The summed E-state index contributed by atoms with van der Waals surface area (Å²) in [5.74, 6) is 1.53. The summed E-state index contributed by atoms with van der Waals surface area (Å²) in [6.45, 7) is 4.05. The van der Waals surface area contributed by atoms with Crippen molar-refractivity contribution in [2.45, 2.75) is 19.8 Å². The highest BCUT2D eigenvalue weighted by Gasteiger charge is 2.03. The van der Waals surface area contributed by atoms with Gasteiger partial charge in [0, 0.05) is 19.3 Å². The third-order valence-corrected chi connectivity index (χ3v) is 3.11. The minimum atomic E-state index is 0.624. The Hall–Kier alpha value is -1.22. The van der Waals surface area contributed by atoms with E-state index in [4.69, 9.17) is 10.5 Å². The Kier molecular flexibility index (Phi) is 5.84. The van der Waals surface area contributed by atoms with Crippen LogP contribution >= 0.6 is 0 Å². The third-order valence-electron chi connectivity index (χ3n) is 3.11. The summed E-state index contributed by atoms with van der Waals surface area (Å²) in [6, 6.07) is 8.17. The molecule has 0 aliphatic heterocycles. The first-order valence-electron chi connectivity index (χ1n) is 6.22. The Morgan fingerprint density at radius 1 is 1.29 bits per heavy atom. The van der Waals surface area contributed by atoms with Crippen molar-refractivity contribution in [2.75, 3.05) is 32.1 Å². The van der Waals surface area contributed by atoms with Gasteiger partial charge in [-0.1, -0.05) is 6.92 Å². The van der Waals surface area contributed by atoms with Gasteiger partial charge in [0.15, 0.2) is 0 Å². The zero-order chi connectivity index (χ0) is 12.7. The van der Waals surface area contributed by atoms with Crippen LogP contribution in [0.3, 0.4) is 0 Å². The van der Waals surface area contributed by atoms with Crippen molar-refractivity contribution >= 4 is 5.69 Å². The first kappa shape index (κ1) is 13.8. The molecule has 96 valence electrons. The van der Waals surface area contributed by atoms with Gasteiger partial charge in [-0.3, -0.25) is 0 Å². The molecule has 0 bridgehead atoms. The molecule has 0 saturated carbocycles. The second kappa shape index (κ2) is 7.17. The van der Waals surface area contributed by atoms with Crippen LogP contribution in [0, 0.1) is 5.92 Å². The second-order valence-electron chi connectivity index (χ2n) is 4.60. The number of anilines is 1. The van der Waals surface area contributed by atoms with Gasteiger partial charge in [0.05, 0.1) is 7.11 Å². The van der Waals surface area contributed by atoms with Gasteiger partial charge >= 0.3 is 0 Å². The van der Waals surface area contributed by atoms with Crippen molar-refractivity contribution in [3.05, 3.63) is 24.3 Å². The van der Waals surface area contributed by atoms with Crippen LogP contribution in [0.25, 0.3) is 0 Å². The first-order chi connectivity index (χ1) is 8.17. The van der Waals surface area contributed by atoms with E-state index in [1.54, 1.807) is 7.11 Å². The number of hydrogen-bond donors (Lipinski definition) is 1. The molecule has 0 aliphatic rings. The monoisotopic (exact) mass is 236 g/mol. The van der Waals surface area contributed by atoms with Crippen LogP contribution in [0.15, 0.2) is 24.3 Å². The van der Waals surface area contributed by atoms with Gasteiger partial charge in [0.25, 0.3) is 0 Å². The fourth-order valence-electron chi connectivity index (χ4n) is 1.76. The number of nitrogens with zero attached hydrogens (tertiary/aromatic N) is 1. The molecular formula is C14H24N2O. The fraction of sp³-hybridized carbons (Fsp3) is 0.571. The number of methoxy groups -OCH3 is 1. The molecular weight excluding hydrogens is 212 g/mol. The van der Waals surface area contributed by atoms with Crippen molar-refractivity contribution < 1.29 is 4.74 Å². The average Bonchev–Trinajstić information content (AvgIpc) is 2.38. The number of ether oxygens (including phenoxy) is 1. The van der Waals surface area contributed by atoms with E-state index in [0.717, 1.165) is 18.8 Å². The van der Waals surface area contributed by atoms with Crippen molar-refractivity contribution in [3.63, 3.8) is 0 Å². The van der Waals surface area contributed by atoms with Gasteiger partial charge < -0.3 is 15.4 Å². The number of nitrogens with two attached hydrogens (primary N) is 1. The van der Waals surface area contributed by atoms with E-state index in [1.807, 2.05) is 12.1 Å². The molecule has 17 heavy (non-hydrogen) atoms. The van der Waals surface area contributed by atoms with Crippen LogP contribution in [-0.4, -0.2) is 27.2 Å². The van der Waals surface area contributed by atoms with E-state index in [2.05, 4.69) is 31.0 Å². The minimum Gasteiger partial charge on any atom is -0.497 e. The second-order valence-corrected chi connectivity index (χ2v) is 4.60. The molecule has 3 nitrogen and oxygen atoms in total. The molecule has 1 aromatic carbocycles. The van der Waals surface area contributed by atoms with Crippen molar-refractivity contribution in [3.8, 4) is 5.75 Å². The van der Waals surface area contributed by atoms with Gasteiger partial charge in [-0.25, -0.2) is 0 Å². The van der Waals surface area contributed by atoms with Crippen LogP contribution in [0.5, 0.6) is 5.75 Å². The largest absolute Gasteiger partial charge is 0.497 e. The summed E-state index contributed by atoms with van der Waals surface area (Å²) in [4.78, 5) is 2.27. The Labute approximate surface area is 105 Å². The van der Waals surface area contributed by atoms with E-state index < -0.39 is 0 Å². The standard InChI is InChI=1S/C14H24N2O/c1-12(11-15)5-4-10-16(2)13-6-8-14(17-3)9-7-13/h6-9,12H,4-5,10-11,15H2,1-3H3. The minimum absolute atomic E-state index is 0.624. The van der Waals surface area contributed by atoms with Gasteiger partial charge in [-0.2, -0.15) is 0 Å². The topological polar surface area (TPSA) is 38.5 Å². The number of rotatable bonds is 7. The SMILES string of the molecule is COc1ccc(N(C)CCCC(C)CN)cc1. The molecule has 0 heterocycles. The summed E-state index contributed by atoms with van der Waals surface area (Å²) in [5.41, 5.74) is 6.83. The summed E-state index contributed by atoms with van der Waals surface area (Å²) < 4.78 is 5.14. The third kappa shape index (κ3) is 4.65. The van der Waals surface area contributed by atoms with Crippen molar-refractivity contribution in [1.82, 2.24) is 0 Å². The molecule has 2 N–H and O–H groups in total. The Balaban J connectivity index is 2.38.